The topological polar surface area (TPSA) is 82.5 Å². The number of ether oxygens (including phenoxy) is 1. The van der Waals surface area contributed by atoms with Crippen LogP contribution in [0.2, 0.25) is 0 Å². The molecule has 1 saturated heterocycles. The van der Waals surface area contributed by atoms with Crippen molar-refractivity contribution in [2.24, 2.45) is 0 Å². The second kappa shape index (κ2) is 5.04. The molecule has 1 aliphatic rings. The van der Waals surface area contributed by atoms with Crippen molar-refractivity contribution < 1.29 is 9.84 Å². The quantitative estimate of drug-likeness (QED) is 0.720. The fraction of sp³-hybridized carbons (Fsp3) is 0.417. The summed E-state index contributed by atoms with van der Waals surface area (Å²) in [5, 5.41) is 18.0. The highest BCUT2D eigenvalue weighted by Gasteiger charge is 2.21. The number of nitrogens with zero attached hydrogens (tertiary/aromatic N) is 2. The van der Waals surface area contributed by atoms with Crippen LogP contribution in [0.25, 0.3) is 0 Å². The molecule has 5 heteroatoms. The van der Waals surface area contributed by atoms with Gasteiger partial charge in [-0.1, -0.05) is 6.07 Å². The van der Waals surface area contributed by atoms with Crippen molar-refractivity contribution in [2.75, 3.05) is 36.9 Å². The van der Waals surface area contributed by atoms with Crippen LogP contribution in [0.5, 0.6) is 0 Å². The normalized spacial score (nSPS) is 20.0. The molecule has 0 radical (unpaired) electrons. The molecule has 0 saturated carbocycles. The van der Waals surface area contributed by atoms with Gasteiger partial charge >= 0.3 is 0 Å². The van der Waals surface area contributed by atoms with Crippen LogP contribution in [0.4, 0.5) is 11.4 Å². The Morgan fingerprint density at radius 1 is 1.59 bits per heavy atom. The lowest BCUT2D eigenvalue weighted by atomic mass is 10.1. The number of rotatable bonds is 2. The third-order valence-corrected chi connectivity index (χ3v) is 2.89. The summed E-state index contributed by atoms with van der Waals surface area (Å²) in [4.78, 5) is 2.04. The fourth-order valence-electron chi connectivity index (χ4n) is 1.97. The van der Waals surface area contributed by atoms with Crippen molar-refractivity contribution in [3.05, 3.63) is 23.8 Å². The molecule has 3 N–H and O–H groups in total. The molecule has 90 valence electrons. The van der Waals surface area contributed by atoms with Crippen LogP contribution in [0.15, 0.2) is 18.2 Å². The predicted octanol–water partition coefficient (Wildman–Crippen LogP) is 0.338. The number of nitrogen functional groups attached to an aromatic ring is 1. The van der Waals surface area contributed by atoms with Crippen molar-refractivity contribution >= 4 is 11.4 Å². The van der Waals surface area contributed by atoms with Gasteiger partial charge in [0, 0.05) is 13.1 Å². The first-order chi connectivity index (χ1) is 8.26. The van der Waals surface area contributed by atoms with E-state index in [0.29, 0.717) is 24.4 Å². The average molecular weight is 233 g/mol. The highest BCUT2D eigenvalue weighted by atomic mass is 16.5. The van der Waals surface area contributed by atoms with Gasteiger partial charge in [0.05, 0.1) is 36.3 Å². The van der Waals surface area contributed by atoms with Crippen LogP contribution in [-0.2, 0) is 4.74 Å². The van der Waals surface area contributed by atoms with E-state index in [-0.39, 0.29) is 12.7 Å². The van der Waals surface area contributed by atoms with Gasteiger partial charge in [-0.3, -0.25) is 0 Å². The Hall–Kier alpha value is -1.77. The van der Waals surface area contributed by atoms with Crippen molar-refractivity contribution in [3.63, 3.8) is 0 Å². The standard InChI is InChI=1S/C12H15N3O2/c13-6-9-2-1-3-11(12(9)14)15-4-5-17-10(7-15)8-16/h1-3,10,16H,4-5,7-8,14H2. The van der Waals surface area contributed by atoms with E-state index >= 15 is 0 Å². The molecule has 1 aliphatic heterocycles. The molecule has 0 aliphatic carbocycles. The van der Waals surface area contributed by atoms with E-state index < -0.39 is 0 Å². The van der Waals surface area contributed by atoms with Gasteiger partial charge in [0.15, 0.2) is 0 Å². The molecule has 1 atom stereocenters. The number of morpholine rings is 1. The number of hydrogen-bond donors (Lipinski definition) is 2. The lowest BCUT2D eigenvalue weighted by Gasteiger charge is -2.34. The van der Waals surface area contributed by atoms with Crippen LogP contribution in [0.1, 0.15) is 5.56 Å². The molecule has 1 unspecified atom stereocenters. The molecule has 0 amide bonds. The van der Waals surface area contributed by atoms with Gasteiger partial charge in [0.1, 0.15) is 6.07 Å². The SMILES string of the molecule is N#Cc1cccc(N2CCOC(CO)C2)c1N. The minimum Gasteiger partial charge on any atom is -0.396 e. The second-order valence-electron chi connectivity index (χ2n) is 3.97. The van der Waals surface area contributed by atoms with Gasteiger partial charge in [-0.25, -0.2) is 0 Å². The summed E-state index contributed by atoms with van der Waals surface area (Å²) in [5.74, 6) is 0. The van der Waals surface area contributed by atoms with E-state index in [1.165, 1.54) is 0 Å². The van der Waals surface area contributed by atoms with Crippen molar-refractivity contribution in [1.29, 1.82) is 5.26 Å². The number of para-hydroxylation sites is 1. The van der Waals surface area contributed by atoms with E-state index in [9.17, 15) is 0 Å². The molecule has 1 aromatic rings. The molecule has 0 bridgehead atoms. The number of aliphatic hydroxyl groups is 1. The summed E-state index contributed by atoms with van der Waals surface area (Å²) in [6.07, 6.45) is -0.186. The summed E-state index contributed by atoms with van der Waals surface area (Å²) in [5.41, 5.74) is 7.76. The zero-order valence-corrected chi connectivity index (χ0v) is 9.47. The van der Waals surface area contributed by atoms with E-state index in [4.69, 9.17) is 20.8 Å². The summed E-state index contributed by atoms with van der Waals surface area (Å²) in [7, 11) is 0. The smallest absolute Gasteiger partial charge is 0.101 e. The minimum atomic E-state index is -0.186. The Labute approximate surface area is 100 Å². The molecule has 2 rings (SSSR count). The largest absolute Gasteiger partial charge is 0.396 e. The Bertz CT molecular complexity index is 442. The maximum absolute atomic E-state index is 9.09. The maximum Gasteiger partial charge on any atom is 0.101 e. The van der Waals surface area contributed by atoms with Gasteiger partial charge < -0.3 is 20.5 Å². The number of anilines is 2. The van der Waals surface area contributed by atoms with Gasteiger partial charge in [-0.2, -0.15) is 5.26 Å². The summed E-state index contributed by atoms with van der Waals surface area (Å²) in [6.45, 7) is 1.86. The number of nitrogens with two attached hydrogens (primary N) is 1. The van der Waals surface area contributed by atoms with Crippen molar-refractivity contribution in [3.8, 4) is 6.07 Å². The Morgan fingerprint density at radius 3 is 3.12 bits per heavy atom. The molecule has 1 heterocycles. The van der Waals surface area contributed by atoms with Crippen LogP contribution in [-0.4, -0.2) is 37.5 Å². The lowest BCUT2D eigenvalue weighted by molar-refractivity contribution is 0.00360. The first-order valence-corrected chi connectivity index (χ1v) is 5.52. The van der Waals surface area contributed by atoms with Gasteiger partial charge in [0.25, 0.3) is 0 Å². The number of aliphatic hydroxyl groups excluding tert-OH is 1. The van der Waals surface area contributed by atoms with E-state index in [1.807, 2.05) is 17.0 Å². The predicted molar refractivity (Wildman–Crippen MR) is 64.6 cm³/mol. The summed E-state index contributed by atoms with van der Waals surface area (Å²) in [6, 6.07) is 7.46. The molecule has 1 aromatic carbocycles. The van der Waals surface area contributed by atoms with Gasteiger partial charge in [-0.05, 0) is 12.1 Å². The first kappa shape index (κ1) is 11.7. The summed E-state index contributed by atoms with van der Waals surface area (Å²) < 4.78 is 5.38. The van der Waals surface area contributed by atoms with Crippen LogP contribution >= 0.6 is 0 Å². The maximum atomic E-state index is 9.09. The van der Waals surface area contributed by atoms with Crippen molar-refractivity contribution in [2.45, 2.75) is 6.10 Å². The third kappa shape index (κ3) is 2.33. The molecule has 5 nitrogen and oxygen atoms in total. The van der Waals surface area contributed by atoms with Crippen LogP contribution < -0.4 is 10.6 Å². The van der Waals surface area contributed by atoms with E-state index in [1.54, 1.807) is 6.07 Å². The highest BCUT2D eigenvalue weighted by molar-refractivity contribution is 5.74. The lowest BCUT2D eigenvalue weighted by Crippen LogP contribution is -2.44. The molecule has 17 heavy (non-hydrogen) atoms. The molecule has 1 fully saturated rings. The van der Waals surface area contributed by atoms with Crippen LogP contribution in [0.3, 0.4) is 0 Å². The number of benzene rings is 1. The number of nitriles is 1. The zero-order valence-electron chi connectivity index (χ0n) is 9.47. The second-order valence-corrected chi connectivity index (χ2v) is 3.97. The van der Waals surface area contributed by atoms with Gasteiger partial charge in [-0.15, -0.1) is 0 Å². The van der Waals surface area contributed by atoms with Gasteiger partial charge in [0.2, 0.25) is 0 Å². The Morgan fingerprint density at radius 2 is 2.41 bits per heavy atom. The average Bonchev–Trinajstić information content (AvgIpc) is 2.39. The first-order valence-electron chi connectivity index (χ1n) is 5.52. The van der Waals surface area contributed by atoms with Crippen LogP contribution in [0, 0.1) is 11.3 Å². The van der Waals surface area contributed by atoms with E-state index in [2.05, 4.69) is 6.07 Å². The fourth-order valence-corrected chi connectivity index (χ4v) is 1.97. The molecule has 0 aromatic heterocycles. The monoisotopic (exact) mass is 233 g/mol. The molecular weight excluding hydrogens is 218 g/mol. The Kier molecular flexibility index (Phi) is 3.47. The molecular formula is C12H15N3O2. The zero-order chi connectivity index (χ0) is 12.3. The summed E-state index contributed by atoms with van der Waals surface area (Å²) >= 11 is 0. The third-order valence-electron chi connectivity index (χ3n) is 2.89. The number of hydrogen-bond acceptors (Lipinski definition) is 5. The van der Waals surface area contributed by atoms with E-state index in [0.717, 1.165) is 12.2 Å². The minimum absolute atomic E-state index is 0.00561. The highest BCUT2D eigenvalue weighted by Crippen LogP contribution is 2.27. The van der Waals surface area contributed by atoms with Crippen molar-refractivity contribution in [1.82, 2.24) is 0 Å². The Balaban J connectivity index is 2.25. The molecule has 0 spiro atoms.